The van der Waals surface area contributed by atoms with E-state index in [1.807, 2.05) is 0 Å². The molecular weight excluding hydrogens is 252 g/mol. The fourth-order valence-corrected chi connectivity index (χ4v) is 1.95. The summed E-state index contributed by atoms with van der Waals surface area (Å²) in [5.74, 6) is -1.04. The molecular formula is C12H22N2O5. The molecule has 1 rings (SSSR count). The highest BCUT2D eigenvalue weighted by molar-refractivity contribution is 5.77. The summed E-state index contributed by atoms with van der Waals surface area (Å²) in [6.07, 6.45) is 1.51. The van der Waals surface area contributed by atoms with E-state index >= 15 is 0 Å². The number of amides is 2. The molecule has 0 aromatic rings. The van der Waals surface area contributed by atoms with Gasteiger partial charge in [-0.3, -0.25) is 0 Å². The minimum Gasteiger partial charge on any atom is -0.479 e. The third-order valence-corrected chi connectivity index (χ3v) is 3.09. The zero-order valence-corrected chi connectivity index (χ0v) is 11.2. The average Bonchev–Trinajstić information content (AvgIpc) is 2.42. The summed E-state index contributed by atoms with van der Waals surface area (Å²) in [6, 6.07) is -0.168. The summed E-state index contributed by atoms with van der Waals surface area (Å²) in [6.45, 7) is 1.54. The Kier molecular flexibility index (Phi) is 6.58. The van der Waals surface area contributed by atoms with Gasteiger partial charge in [-0.1, -0.05) is 0 Å². The molecule has 0 radical (unpaired) electrons. The summed E-state index contributed by atoms with van der Waals surface area (Å²) in [4.78, 5) is 26.0. The number of ether oxygens (including phenoxy) is 1. The van der Waals surface area contributed by atoms with Crippen LogP contribution in [0.3, 0.4) is 0 Å². The van der Waals surface area contributed by atoms with Crippen molar-refractivity contribution in [3.63, 3.8) is 0 Å². The number of nitrogens with zero attached hydrogens (tertiary/aromatic N) is 2. The van der Waals surface area contributed by atoms with E-state index in [0.29, 0.717) is 13.1 Å². The van der Waals surface area contributed by atoms with Crippen molar-refractivity contribution in [2.75, 3.05) is 39.9 Å². The van der Waals surface area contributed by atoms with Gasteiger partial charge in [-0.15, -0.1) is 0 Å². The Labute approximate surface area is 112 Å². The van der Waals surface area contributed by atoms with Crippen LogP contribution in [-0.4, -0.2) is 78.0 Å². The highest BCUT2D eigenvalue weighted by atomic mass is 16.5. The lowest BCUT2D eigenvalue weighted by molar-refractivity contribution is -0.154. The highest BCUT2D eigenvalue weighted by Gasteiger charge is 2.30. The van der Waals surface area contributed by atoms with Crippen LogP contribution in [0.4, 0.5) is 4.79 Å². The first-order valence-corrected chi connectivity index (χ1v) is 6.51. The number of hydrogen-bond acceptors (Lipinski definition) is 4. The van der Waals surface area contributed by atoms with Crippen LogP contribution >= 0.6 is 0 Å². The molecule has 1 unspecified atom stereocenters. The molecule has 2 N–H and O–H groups in total. The van der Waals surface area contributed by atoms with Gasteiger partial charge >= 0.3 is 12.0 Å². The van der Waals surface area contributed by atoms with Crippen LogP contribution in [0.15, 0.2) is 0 Å². The van der Waals surface area contributed by atoms with E-state index < -0.39 is 12.1 Å². The monoisotopic (exact) mass is 274 g/mol. The molecule has 110 valence electrons. The van der Waals surface area contributed by atoms with E-state index in [4.69, 9.17) is 14.9 Å². The van der Waals surface area contributed by atoms with Crippen LogP contribution in [-0.2, 0) is 9.53 Å². The Morgan fingerprint density at radius 2 is 2.11 bits per heavy atom. The highest BCUT2D eigenvalue weighted by Crippen LogP contribution is 2.09. The number of carbonyl (C=O) groups excluding carboxylic acids is 1. The van der Waals surface area contributed by atoms with Crippen molar-refractivity contribution in [3.8, 4) is 0 Å². The maximum absolute atomic E-state index is 12.1. The van der Waals surface area contributed by atoms with Crippen LogP contribution in [0, 0.1) is 0 Å². The molecule has 1 heterocycles. The van der Waals surface area contributed by atoms with Crippen LogP contribution in [0.2, 0.25) is 0 Å². The molecule has 1 aliphatic heterocycles. The minimum atomic E-state index is -1.04. The summed E-state index contributed by atoms with van der Waals surface area (Å²) in [5.41, 5.74) is 0. The number of aliphatic hydroxyl groups is 1. The number of carboxylic acid groups (broad SMARTS) is 1. The summed E-state index contributed by atoms with van der Waals surface area (Å²) >= 11 is 0. The van der Waals surface area contributed by atoms with Gasteiger partial charge < -0.3 is 24.7 Å². The maximum atomic E-state index is 12.1. The van der Waals surface area contributed by atoms with Gasteiger partial charge in [-0.05, 0) is 19.3 Å². The molecule has 0 aromatic carbocycles. The number of hydrogen-bond donors (Lipinski definition) is 2. The molecule has 0 bridgehead atoms. The van der Waals surface area contributed by atoms with Crippen LogP contribution in [0.25, 0.3) is 0 Å². The third-order valence-electron chi connectivity index (χ3n) is 3.09. The lowest BCUT2D eigenvalue weighted by atomic mass is 10.2. The Hall–Kier alpha value is -1.34. The zero-order valence-electron chi connectivity index (χ0n) is 11.2. The second-order valence-corrected chi connectivity index (χ2v) is 4.63. The number of rotatable bonds is 6. The number of morpholine rings is 1. The van der Waals surface area contributed by atoms with Crippen LogP contribution in [0.5, 0.6) is 0 Å². The van der Waals surface area contributed by atoms with E-state index in [1.165, 1.54) is 4.90 Å². The Morgan fingerprint density at radius 1 is 1.37 bits per heavy atom. The molecule has 1 fully saturated rings. The summed E-state index contributed by atoms with van der Waals surface area (Å²) < 4.78 is 5.07. The van der Waals surface area contributed by atoms with Crippen molar-refractivity contribution in [2.24, 2.45) is 0 Å². The van der Waals surface area contributed by atoms with E-state index in [2.05, 4.69) is 0 Å². The van der Waals surface area contributed by atoms with Gasteiger partial charge in [0.25, 0.3) is 0 Å². The number of aliphatic carboxylic acids is 1. The zero-order chi connectivity index (χ0) is 14.3. The number of carboxylic acids is 1. The van der Waals surface area contributed by atoms with Crippen molar-refractivity contribution in [2.45, 2.75) is 25.4 Å². The molecule has 0 spiro atoms. The van der Waals surface area contributed by atoms with Crippen LogP contribution < -0.4 is 0 Å². The van der Waals surface area contributed by atoms with Gasteiger partial charge in [0, 0.05) is 26.7 Å². The van der Waals surface area contributed by atoms with Crippen molar-refractivity contribution in [1.82, 2.24) is 9.80 Å². The van der Waals surface area contributed by atoms with Gasteiger partial charge in [-0.25, -0.2) is 9.59 Å². The lowest BCUT2D eigenvalue weighted by Gasteiger charge is -2.33. The largest absolute Gasteiger partial charge is 0.479 e. The summed E-state index contributed by atoms with van der Waals surface area (Å²) in [5, 5.41) is 17.5. The maximum Gasteiger partial charge on any atom is 0.334 e. The first kappa shape index (κ1) is 15.7. The molecule has 0 saturated carbocycles. The predicted octanol–water partition coefficient (Wildman–Crippen LogP) is -0.0138. The Bertz CT molecular complexity index is 310. The second-order valence-electron chi connectivity index (χ2n) is 4.63. The average molecular weight is 274 g/mol. The fourth-order valence-electron chi connectivity index (χ4n) is 1.95. The van der Waals surface area contributed by atoms with E-state index in [9.17, 15) is 9.59 Å². The van der Waals surface area contributed by atoms with E-state index in [1.54, 1.807) is 11.9 Å². The standard InChI is InChI=1S/C12H22N2O5/c1-13(5-3-2-4-7-15)12(18)14-6-8-19-10(9-14)11(16)17/h10,15H,2-9H2,1H3,(H,16,17). The van der Waals surface area contributed by atoms with Crippen LogP contribution in [0.1, 0.15) is 19.3 Å². The lowest BCUT2D eigenvalue weighted by Crippen LogP contribution is -2.52. The molecule has 1 aliphatic rings. The molecule has 7 nitrogen and oxygen atoms in total. The molecule has 0 aromatic heterocycles. The smallest absolute Gasteiger partial charge is 0.334 e. The molecule has 19 heavy (non-hydrogen) atoms. The van der Waals surface area contributed by atoms with Gasteiger partial charge in [0.15, 0.2) is 6.10 Å². The quantitative estimate of drug-likeness (QED) is 0.665. The van der Waals surface area contributed by atoms with Gasteiger partial charge in [0.05, 0.1) is 13.2 Å². The van der Waals surface area contributed by atoms with E-state index in [0.717, 1.165) is 19.3 Å². The van der Waals surface area contributed by atoms with Gasteiger partial charge in [0.2, 0.25) is 0 Å². The van der Waals surface area contributed by atoms with Gasteiger partial charge in [-0.2, -0.15) is 0 Å². The van der Waals surface area contributed by atoms with Crippen molar-refractivity contribution in [1.29, 1.82) is 0 Å². The van der Waals surface area contributed by atoms with Crippen molar-refractivity contribution >= 4 is 12.0 Å². The minimum absolute atomic E-state index is 0.0924. The molecule has 1 saturated heterocycles. The van der Waals surface area contributed by atoms with Crippen molar-refractivity contribution in [3.05, 3.63) is 0 Å². The predicted molar refractivity (Wildman–Crippen MR) is 67.9 cm³/mol. The topological polar surface area (TPSA) is 90.3 Å². The normalized spacial score (nSPS) is 19.3. The second kappa shape index (κ2) is 7.96. The van der Waals surface area contributed by atoms with E-state index in [-0.39, 0.29) is 25.8 Å². The summed E-state index contributed by atoms with van der Waals surface area (Å²) in [7, 11) is 1.70. The Balaban J connectivity index is 2.36. The Morgan fingerprint density at radius 3 is 2.74 bits per heavy atom. The molecule has 7 heteroatoms. The number of carbonyl (C=O) groups is 2. The first-order chi connectivity index (χ1) is 9.06. The molecule has 2 amide bonds. The van der Waals surface area contributed by atoms with Gasteiger partial charge in [0.1, 0.15) is 0 Å². The SMILES string of the molecule is CN(CCCCCO)C(=O)N1CCOC(C(=O)O)C1. The number of urea groups is 1. The number of unbranched alkanes of at least 4 members (excludes halogenated alkanes) is 2. The fraction of sp³-hybridized carbons (Fsp3) is 0.833. The third kappa shape index (κ3) is 5.04. The molecule has 0 aliphatic carbocycles. The number of aliphatic hydroxyl groups excluding tert-OH is 1. The molecule has 1 atom stereocenters. The van der Waals surface area contributed by atoms with Crippen molar-refractivity contribution < 1.29 is 24.5 Å². The first-order valence-electron chi connectivity index (χ1n) is 6.51.